The average molecular weight is 395 g/mol. The van der Waals surface area contributed by atoms with Gasteiger partial charge in [0.2, 0.25) is 5.91 Å². The second-order valence-corrected chi connectivity index (χ2v) is 7.28. The Morgan fingerprint density at radius 3 is 2.45 bits per heavy atom. The minimum Gasteiger partial charge on any atom is -0.486 e. The number of amides is 1. The summed E-state index contributed by atoms with van der Waals surface area (Å²) in [7, 11) is 1.72. The van der Waals surface area contributed by atoms with Gasteiger partial charge in [-0.15, -0.1) is 0 Å². The van der Waals surface area contributed by atoms with Gasteiger partial charge in [0.15, 0.2) is 17.6 Å². The number of nitrogens with zero attached hydrogens (tertiary/aromatic N) is 3. The molecule has 0 radical (unpaired) electrons. The van der Waals surface area contributed by atoms with Crippen LogP contribution in [-0.4, -0.2) is 46.2 Å². The first-order valence-corrected chi connectivity index (χ1v) is 9.89. The number of fused-ring (bicyclic) bond motifs is 2. The molecular formula is C22H25N3O4. The second-order valence-electron chi connectivity index (χ2n) is 7.28. The van der Waals surface area contributed by atoms with Gasteiger partial charge >= 0.3 is 5.69 Å². The standard InChI is InChI=1S/C22H25N3O4/c1-3-12-24-17-8-4-5-9-18(17)25(22(24)27)14-21(26)23(2)13-16-15-28-19-10-6-7-11-20(19)29-16/h4-11,16H,3,12-15H2,1-2H3/t16-/m0/s1. The van der Waals surface area contributed by atoms with Crippen LogP contribution in [0.5, 0.6) is 11.5 Å². The van der Waals surface area contributed by atoms with Gasteiger partial charge in [0.1, 0.15) is 13.2 Å². The molecule has 4 rings (SSSR count). The predicted molar refractivity (Wildman–Crippen MR) is 110 cm³/mol. The highest BCUT2D eigenvalue weighted by molar-refractivity contribution is 5.81. The molecule has 2 aromatic carbocycles. The van der Waals surface area contributed by atoms with Crippen LogP contribution in [-0.2, 0) is 17.9 Å². The van der Waals surface area contributed by atoms with Crippen molar-refractivity contribution in [2.75, 3.05) is 20.2 Å². The van der Waals surface area contributed by atoms with E-state index >= 15 is 0 Å². The molecule has 7 heteroatoms. The maximum absolute atomic E-state index is 12.9. The number of imidazole rings is 1. The molecule has 0 saturated carbocycles. The van der Waals surface area contributed by atoms with E-state index in [-0.39, 0.29) is 24.2 Å². The number of benzene rings is 2. The third-order valence-corrected chi connectivity index (χ3v) is 5.14. The van der Waals surface area contributed by atoms with E-state index in [2.05, 4.69) is 0 Å². The summed E-state index contributed by atoms with van der Waals surface area (Å²) in [6.45, 7) is 3.42. The van der Waals surface area contributed by atoms with E-state index in [4.69, 9.17) is 9.47 Å². The van der Waals surface area contributed by atoms with Crippen LogP contribution in [0.1, 0.15) is 13.3 Å². The van der Waals surface area contributed by atoms with Gasteiger partial charge in [0, 0.05) is 13.6 Å². The Hall–Kier alpha value is -3.22. The van der Waals surface area contributed by atoms with Crippen molar-refractivity contribution in [2.45, 2.75) is 32.5 Å². The third-order valence-electron chi connectivity index (χ3n) is 5.14. The first-order chi connectivity index (χ1) is 14.1. The number of ether oxygens (including phenoxy) is 2. The van der Waals surface area contributed by atoms with Crippen molar-refractivity contribution in [1.82, 2.24) is 14.0 Å². The SMILES string of the molecule is CCCn1c(=O)n(CC(=O)N(C)C[C@H]2COc3ccccc3O2)c2ccccc21. The first kappa shape index (κ1) is 19.1. The molecule has 0 spiro atoms. The number of para-hydroxylation sites is 4. The van der Waals surface area contributed by atoms with Gasteiger partial charge in [-0.1, -0.05) is 31.2 Å². The van der Waals surface area contributed by atoms with E-state index < -0.39 is 0 Å². The van der Waals surface area contributed by atoms with Crippen LogP contribution in [0.2, 0.25) is 0 Å². The van der Waals surface area contributed by atoms with Gasteiger partial charge in [-0.05, 0) is 30.7 Å². The molecule has 152 valence electrons. The van der Waals surface area contributed by atoms with E-state index in [0.717, 1.165) is 17.5 Å². The molecular weight excluding hydrogens is 370 g/mol. The fourth-order valence-electron chi connectivity index (χ4n) is 3.68. The van der Waals surface area contributed by atoms with Crippen LogP contribution >= 0.6 is 0 Å². The van der Waals surface area contributed by atoms with E-state index in [1.165, 1.54) is 0 Å². The molecule has 1 aromatic heterocycles. The summed E-state index contributed by atoms with van der Waals surface area (Å²) in [6.07, 6.45) is 0.597. The van der Waals surface area contributed by atoms with Crippen LogP contribution in [0.4, 0.5) is 0 Å². The van der Waals surface area contributed by atoms with Crippen molar-refractivity contribution < 1.29 is 14.3 Å². The fraction of sp³-hybridized carbons (Fsp3) is 0.364. The van der Waals surface area contributed by atoms with Crippen LogP contribution in [0, 0.1) is 0 Å². The topological polar surface area (TPSA) is 65.7 Å². The van der Waals surface area contributed by atoms with Crippen LogP contribution in [0.3, 0.4) is 0 Å². The zero-order valence-electron chi connectivity index (χ0n) is 16.7. The Morgan fingerprint density at radius 2 is 1.72 bits per heavy atom. The van der Waals surface area contributed by atoms with Gasteiger partial charge in [0.05, 0.1) is 17.6 Å². The van der Waals surface area contributed by atoms with Crippen LogP contribution in [0.15, 0.2) is 53.3 Å². The Kier molecular flexibility index (Phi) is 5.29. The number of hydrogen-bond acceptors (Lipinski definition) is 4. The lowest BCUT2D eigenvalue weighted by Crippen LogP contribution is -2.43. The zero-order valence-corrected chi connectivity index (χ0v) is 16.7. The van der Waals surface area contributed by atoms with Crippen LogP contribution < -0.4 is 15.2 Å². The molecule has 7 nitrogen and oxygen atoms in total. The number of hydrogen-bond donors (Lipinski definition) is 0. The van der Waals surface area contributed by atoms with Crippen molar-refractivity contribution in [1.29, 1.82) is 0 Å². The monoisotopic (exact) mass is 395 g/mol. The number of carbonyl (C=O) groups excluding carboxylic acids is 1. The van der Waals surface area contributed by atoms with E-state index in [9.17, 15) is 9.59 Å². The molecule has 1 amide bonds. The fourth-order valence-corrected chi connectivity index (χ4v) is 3.68. The molecule has 0 bridgehead atoms. The molecule has 0 fully saturated rings. The van der Waals surface area contributed by atoms with Crippen molar-refractivity contribution in [3.05, 3.63) is 59.0 Å². The summed E-state index contributed by atoms with van der Waals surface area (Å²) in [5.74, 6) is 1.26. The summed E-state index contributed by atoms with van der Waals surface area (Å²) in [4.78, 5) is 27.3. The van der Waals surface area contributed by atoms with Crippen molar-refractivity contribution in [3.8, 4) is 11.5 Å². The molecule has 2 heterocycles. The Labute approximate surface area is 169 Å². The summed E-state index contributed by atoms with van der Waals surface area (Å²) < 4.78 is 14.9. The lowest BCUT2D eigenvalue weighted by molar-refractivity contribution is -0.131. The Bertz CT molecular complexity index is 1090. The van der Waals surface area contributed by atoms with Gasteiger partial charge < -0.3 is 14.4 Å². The van der Waals surface area contributed by atoms with Gasteiger partial charge in [-0.2, -0.15) is 0 Å². The molecule has 0 aliphatic carbocycles. The largest absolute Gasteiger partial charge is 0.486 e. The highest BCUT2D eigenvalue weighted by atomic mass is 16.6. The molecule has 0 saturated heterocycles. The van der Waals surface area contributed by atoms with E-state index in [1.54, 1.807) is 21.1 Å². The average Bonchev–Trinajstić information content (AvgIpc) is 3.00. The van der Waals surface area contributed by atoms with Gasteiger partial charge in [0.25, 0.3) is 0 Å². The molecule has 1 atom stereocenters. The Balaban J connectivity index is 1.48. The third kappa shape index (κ3) is 3.72. The summed E-state index contributed by atoms with van der Waals surface area (Å²) in [5.41, 5.74) is 1.48. The minimum absolute atomic E-state index is 0.00325. The Morgan fingerprint density at radius 1 is 1.07 bits per heavy atom. The van der Waals surface area contributed by atoms with Gasteiger partial charge in [-0.25, -0.2) is 4.79 Å². The normalized spacial score (nSPS) is 15.4. The highest BCUT2D eigenvalue weighted by Crippen LogP contribution is 2.30. The number of aromatic nitrogens is 2. The molecule has 0 N–H and O–H groups in total. The summed E-state index contributed by atoms with van der Waals surface area (Å²) >= 11 is 0. The molecule has 29 heavy (non-hydrogen) atoms. The smallest absolute Gasteiger partial charge is 0.329 e. The maximum atomic E-state index is 12.9. The molecule has 3 aromatic rings. The maximum Gasteiger partial charge on any atom is 0.329 e. The zero-order chi connectivity index (χ0) is 20.4. The highest BCUT2D eigenvalue weighted by Gasteiger charge is 2.24. The van der Waals surface area contributed by atoms with Crippen molar-refractivity contribution in [3.63, 3.8) is 0 Å². The minimum atomic E-state index is -0.253. The lowest BCUT2D eigenvalue weighted by atomic mass is 10.2. The second kappa shape index (κ2) is 8.03. The number of rotatable bonds is 6. The molecule has 1 aliphatic heterocycles. The molecule has 1 aliphatic rings. The van der Waals surface area contributed by atoms with Crippen LogP contribution in [0.25, 0.3) is 11.0 Å². The predicted octanol–water partition coefficient (Wildman–Crippen LogP) is 2.51. The number of carbonyl (C=O) groups is 1. The van der Waals surface area contributed by atoms with Gasteiger partial charge in [-0.3, -0.25) is 13.9 Å². The quantitative estimate of drug-likeness (QED) is 0.643. The van der Waals surface area contributed by atoms with Crippen molar-refractivity contribution in [2.24, 2.45) is 0 Å². The van der Waals surface area contributed by atoms with Crippen molar-refractivity contribution >= 4 is 16.9 Å². The lowest BCUT2D eigenvalue weighted by Gasteiger charge is -2.29. The number of likely N-dealkylation sites (N-methyl/N-ethyl adjacent to an activating group) is 1. The number of aryl methyl sites for hydroxylation is 1. The van der Waals surface area contributed by atoms with E-state index in [1.807, 2.05) is 55.5 Å². The van der Waals surface area contributed by atoms with E-state index in [0.29, 0.717) is 31.2 Å². The summed E-state index contributed by atoms with van der Waals surface area (Å²) in [6, 6.07) is 15.1. The summed E-state index contributed by atoms with van der Waals surface area (Å²) in [5, 5.41) is 0. The molecule has 0 unspecified atom stereocenters. The first-order valence-electron chi connectivity index (χ1n) is 9.89.